The summed E-state index contributed by atoms with van der Waals surface area (Å²) in [5.74, 6) is -0.656. The van der Waals surface area contributed by atoms with E-state index in [0.29, 0.717) is 17.0 Å². The number of hydrogen-bond donors (Lipinski definition) is 1. The number of nitrogens with one attached hydrogen (secondary N) is 1. The van der Waals surface area contributed by atoms with Gasteiger partial charge in [-0.1, -0.05) is 36.4 Å². The molecule has 2 amide bonds. The van der Waals surface area contributed by atoms with Gasteiger partial charge in [-0.05, 0) is 73.7 Å². The topological polar surface area (TPSA) is 62.3 Å². The van der Waals surface area contributed by atoms with Gasteiger partial charge >= 0.3 is 0 Å². The lowest BCUT2D eigenvalue weighted by Crippen LogP contribution is -2.32. The molecule has 0 fully saturated rings. The van der Waals surface area contributed by atoms with Crippen LogP contribution in [0.15, 0.2) is 66.5 Å². The number of benzene rings is 2. The summed E-state index contributed by atoms with van der Waals surface area (Å²) in [6.07, 6.45) is 1.66. The van der Waals surface area contributed by atoms with Gasteiger partial charge in [-0.15, -0.1) is 0 Å². The summed E-state index contributed by atoms with van der Waals surface area (Å²) in [6, 6.07) is 17.2. The minimum Gasteiger partial charge on any atom is -0.350 e. The Morgan fingerprint density at radius 3 is 2.35 bits per heavy atom. The Morgan fingerprint density at radius 2 is 1.65 bits per heavy atom. The molecule has 0 aliphatic carbocycles. The van der Waals surface area contributed by atoms with Crippen molar-refractivity contribution in [1.29, 1.82) is 0 Å². The fourth-order valence-corrected chi connectivity index (χ4v) is 3.68. The summed E-state index contributed by atoms with van der Waals surface area (Å²) in [6.45, 7) is 8.18. The Labute approximate surface area is 182 Å². The molecule has 1 N–H and O–H groups in total. The zero-order valence-electron chi connectivity index (χ0n) is 18.2. The maximum Gasteiger partial charge on any atom is 0.278 e. The highest BCUT2D eigenvalue weighted by atomic mass is 16.2. The van der Waals surface area contributed by atoms with E-state index in [2.05, 4.69) is 10.3 Å². The first kappa shape index (κ1) is 20.5. The molecule has 0 radical (unpaired) electrons. The number of carbonyl (C=O) groups excluding carboxylic acids is 2. The van der Waals surface area contributed by atoms with Crippen molar-refractivity contribution in [3.05, 3.63) is 100 Å². The molecule has 1 aliphatic heterocycles. The molecule has 5 heteroatoms. The lowest BCUT2D eigenvalue weighted by Gasteiger charge is -2.15. The Kier molecular flexibility index (Phi) is 5.42. The lowest BCUT2D eigenvalue weighted by molar-refractivity contribution is -0.137. The van der Waals surface area contributed by atoms with Crippen LogP contribution in [0.2, 0.25) is 0 Å². The number of amides is 2. The molecule has 0 unspecified atom stereocenters. The normalized spacial score (nSPS) is 13.9. The third-order valence-corrected chi connectivity index (χ3v) is 5.87. The van der Waals surface area contributed by atoms with Crippen LogP contribution in [0.3, 0.4) is 0 Å². The number of hydrogen-bond acceptors (Lipinski definition) is 4. The van der Waals surface area contributed by atoms with Crippen LogP contribution in [-0.4, -0.2) is 21.7 Å². The Bertz CT molecular complexity index is 1210. The average molecular weight is 412 g/mol. The fourth-order valence-electron chi connectivity index (χ4n) is 3.68. The zero-order chi connectivity index (χ0) is 22.1. The molecule has 2 aromatic carbocycles. The van der Waals surface area contributed by atoms with E-state index in [9.17, 15) is 9.59 Å². The average Bonchev–Trinajstić information content (AvgIpc) is 2.98. The van der Waals surface area contributed by atoms with E-state index < -0.39 is 0 Å². The number of rotatable bonds is 5. The summed E-state index contributed by atoms with van der Waals surface area (Å²) < 4.78 is 0. The van der Waals surface area contributed by atoms with E-state index >= 15 is 0 Å². The number of carbonyl (C=O) groups is 2. The minimum atomic E-state index is -0.343. The largest absolute Gasteiger partial charge is 0.350 e. The van der Waals surface area contributed by atoms with Gasteiger partial charge in [0.15, 0.2) is 0 Å². The van der Waals surface area contributed by atoms with Gasteiger partial charge in [0, 0.05) is 11.9 Å². The lowest BCUT2D eigenvalue weighted by atomic mass is 9.99. The molecule has 2 heterocycles. The monoisotopic (exact) mass is 411 g/mol. The van der Waals surface area contributed by atoms with Gasteiger partial charge in [0.1, 0.15) is 5.70 Å². The number of pyridine rings is 1. The number of nitrogens with zero attached hydrogens (tertiary/aromatic N) is 2. The molecule has 5 nitrogen and oxygen atoms in total. The third kappa shape index (κ3) is 3.87. The highest BCUT2D eigenvalue weighted by Crippen LogP contribution is 2.33. The van der Waals surface area contributed by atoms with E-state index in [4.69, 9.17) is 0 Å². The molecule has 0 saturated carbocycles. The molecule has 0 saturated heterocycles. The summed E-state index contributed by atoms with van der Waals surface area (Å²) in [5, 5.41) is 3.28. The number of imide groups is 1. The smallest absolute Gasteiger partial charge is 0.278 e. The highest BCUT2D eigenvalue weighted by Gasteiger charge is 2.39. The van der Waals surface area contributed by atoms with E-state index in [1.165, 1.54) is 4.90 Å². The van der Waals surface area contributed by atoms with E-state index in [1.54, 1.807) is 6.20 Å². The summed E-state index contributed by atoms with van der Waals surface area (Å²) in [4.78, 5) is 32.4. The molecule has 3 aromatic rings. The molecule has 1 aliphatic rings. The van der Waals surface area contributed by atoms with Gasteiger partial charge in [0.05, 0.1) is 17.8 Å². The Balaban J connectivity index is 1.80. The predicted molar refractivity (Wildman–Crippen MR) is 122 cm³/mol. The van der Waals surface area contributed by atoms with Gasteiger partial charge in [-0.3, -0.25) is 19.5 Å². The van der Waals surface area contributed by atoms with Gasteiger partial charge in [0.25, 0.3) is 11.8 Å². The van der Waals surface area contributed by atoms with E-state index in [1.807, 2.05) is 82.3 Å². The van der Waals surface area contributed by atoms with Gasteiger partial charge in [0.2, 0.25) is 0 Å². The third-order valence-electron chi connectivity index (χ3n) is 5.87. The van der Waals surface area contributed by atoms with Crippen LogP contribution in [0.4, 0.5) is 5.69 Å². The highest BCUT2D eigenvalue weighted by molar-refractivity contribution is 6.36. The van der Waals surface area contributed by atoms with Crippen LogP contribution in [0, 0.1) is 27.7 Å². The molecular weight excluding hydrogens is 386 g/mol. The molecule has 31 heavy (non-hydrogen) atoms. The molecule has 0 atom stereocenters. The van der Waals surface area contributed by atoms with Crippen LogP contribution < -0.4 is 5.32 Å². The molecule has 4 rings (SSSR count). The minimum absolute atomic E-state index is 0.130. The first-order valence-electron chi connectivity index (χ1n) is 10.3. The van der Waals surface area contributed by atoms with Crippen LogP contribution in [-0.2, 0) is 16.1 Å². The van der Waals surface area contributed by atoms with Gasteiger partial charge < -0.3 is 5.32 Å². The van der Waals surface area contributed by atoms with Crippen molar-refractivity contribution in [2.24, 2.45) is 0 Å². The van der Waals surface area contributed by atoms with Crippen molar-refractivity contribution in [3.63, 3.8) is 0 Å². The standard InChI is InChI=1S/C26H25N3O2/c1-16-11-12-20(14-18(16)3)23-24(28-22-10-7-8-17(2)19(22)4)26(31)29(25(23)30)15-21-9-5-6-13-27-21/h5-14,28H,15H2,1-4H3. The SMILES string of the molecule is Cc1ccc(C2=C(Nc3cccc(C)c3C)C(=O)N(Cc3ccccn3)C2=O)cc1C. The molecule has 0 spiro atoms. The second-order valence-electron chi connectivity index (χ2n) is 7.94. The second-order valence-corrected chi connectivity index (χ2v) is 7.94. The van der Waals surface area contributed by atoms with Gasteiger partial charge in [-0.25, -0.2) is 0 Å². The summed E-state index contributed by atoms with van der Waals surface area (Å²) in [7, 11) is 0. The second kappa shape index (κ2) is 8.19. The number of aromatic nitrogens is 1. The van der Waals surface area contributed by atoms with E-state index in [0.717, 1.165) is 33.5 Å². The van der Waals surface area contributed by atoms with Crippen molar-refractivity contribution < 1.29 is 9.59 Å². The van der Waals surface area contributed by atoms with Crippen LogP contribution >= 0.6 is 0 Å². The van der Waals surface area contributed by atoms with Gasteiger partial charge in [-0.2, -0.15) is 0 Å². The van der Waals surface area contributed by atoms with Crippen LogP contribution in [0.5, 0.6) is 0 Å². The van der Waals surface area contributed by atoms with Crippen molar-refractivity contribution in [1.82, 2.24) is 9.88 Å². The maximum absolute atomic E-state index is 13.4. The Morgan fingerprint density at radius 1 is 0.839 bits per heavy atom. The van der Waals surface area contributed by atoms with E-state index in [-0.39, 0.29) is 18.4 Å². The summed E-state index contributed by atoms with van der Waals surface area (Å²) in [5.41, 5.74) is 7.27. The predicted octanol–water partition coefficient (Wildman–Crippen LogP) is 4.71. The maximum atomic E-state index is 13.4. The van der Waals surface area contributed by atoms with Crippen molar-refractivity contribution in [3.8, 4) is 0 Å². The van der Waals surface area contributed by atoms with Crippen LogP contribution in [0.1, 0.15) is 33.5 Å². The summed E-state index contributed by atoms with van der Waals surface area (Å²) >= 11 is 0. The first-order valence-corrected chi connectivity index (χ1v) is 10.3. The van der Waals surface area contributed by atoms with Crippen LogP contribution in [0.25, 0.3) is 5.57 Å². The fraction of sp³-hybridized carbons (Fsp3) is 0.192. The first-order chi connectivity index (χ1) is 14.9. The molecule has 1 aromatic heterocycles. The number of anilines is 1. The number of aryl methyl sites for hydroxylation is 3. The van der Waals surface area contributed by atoms with Crippen molar-refractivity contribution in [2.45, 2.75) is 34.2 Å². The zero-order valence-corrected chi connectivity index (χ0v) is 18.2. The molecular formula is C26H25N3O2. The molecule has 0 bridgehead atoms. The quantitative estimate of drug-likeness (QED) is 0.618. The Hall–Kier alpha value is -3.73. The molecule has 156 valence electrons. The van der Waals surface area contributed by atoms with Crippen molar-refractivity contribution in [2.75, 3.05) is 5.32 Å². The van der Waals surface area contributed by atoms with Crippen molar-refractivity contribution >= 4 is 23.1 Å².